The van der Waals surface area contributed by atoms with E-state index in [1.807, 2.05) is 0 Å². The average Bonchev–Trinajstić information content (AvgIpc) is 2.71. The number of aromatic nitrogens is 2. The number of hydrogen-bond acceptors (Lipinski definition) is 10. The van der Waals surface area contributed by atoms with Crippen molar-refractivity contribution < 1.29 is 42.1 Å². The number of ether oxygens (including phenoxy) is 4. The first-order chi connectivity index (χ1) is 15.6. The summed E-state index contributed by atoms with van der Waals surface area (Å²) in [6, 6.07) is 3.49. The zero-order chi connectivity index (χ0) is 24.1. The smallest absolute Gasteiger partial charge is 0.303 e. The van der Waals surface area contributed by atoms with Crippen LogP contribution in [0.3, 0.4) is 0 Å². The van der Waals surface area contributed by atoms with Crippen LogP contribution in [0.25, 0.3) is 11.3 Å². The van der Waals surface area contributed by atoms with Crippen molar-refractivity contribution in [3.8, 4) is 17.0 Å². The van der Waals surface area contributed by atoms with E-state index in [1.54, 1.807) is 0 Å². The second-order valence-corrected chi connectivity index (χ2v) is 8.12. The molecule has 2 aromatic rings. The number of rotatable bonds is 6. The summed E-state index contributed by atoms with van der Waals surface area (Å²) >= 11 is 1.12. The number of esters is 3. The number of carbonyl (C=O) groups excluding carboxylic acids is 3. The minimum Gasteiger partial charge on any atom is -0.474 e. The molecule has 12 heteroatoms. The lowest BCUT2D eigenvalue weighted by molar-refractivity contribution is -0.186. The minimum absolute atomic E-state index is 0.00654. The lowest BCUT2D eigenvalue weighted by Gasteiger charge is -2.39. The van der Waals surface area contributed by atoms with Gasteiger partial charge in [-0.15, -0.1) is 11.8 Å². The van der Waals surface area contributed by atoms with Gasteiger partial charge in [-0.05, 0) is 6.07 Å². The molecule has 1 fully saturated rings. The number of carbonyl (C=O) groups is 3. The summed E-state index contributed by atoms with van der Waals surface area (Å²) in [4.78, 5) is 42.2. The van der Waals surface area contributed by atoms with E-state index in [-0.39, 0.29) is 22.8 Å². The van der Waals surface area contributed by atoms with Gasteiger partial charge in [0.25, 0.3) is 0 Å². The van der Waals surface area contributed by atoms with Crippen molar-refractivity contribution >= 4 is 29.7 Å². The van der Waals surface area contributed by atoms with Gasteiger partial charge in [-0.25, -0.2) is 14.4 Å². The molecule has 9 nitrogen and oxygen atoms in total. The lowest BCUT2D eigenvalue weighted by Crippen LogP contribution is -2.55. The van der Waals surface area contributed by atoms with Crippen LogP contribution < -0.4 is 4.74 Å². The van der Waals surface area contributed by atoms with Crippen molar-refractivity contribution in [3.63, 3.8) is 0 Å². The Morgan fingerprint density at radius 1 is 0.970 bits per heavy atom. The van der Waals surface area contributed by atoms with E-state index in [1.165, 1.54) is 25.4 Å². The SMILES string of the molecule is CC(=O)O[C@@H]1[C@@H](OC(C)=O)[C@@H](Oc2cnc(-c3ccnc(F)c3)c(F)c2)SC[C@H]1OC(C)=O. The summed E-state index contributed by atoms with van der Waals surface area (Å²) in [5.74, 6) is -3.38. The summed E-state index contributed by atoms with van der Waals surface area (Å²) in [6.07, 6.45) is -0.779. The van der Waals surface area contributed by atoms with Crippen LogP contribution in [0.1, 0.15) is 20.8 Å². The molecule has 0 amide bonds. The lowest BCUT2D eigenvalue weighted by atomic mass is 10.1. The summed E-state index contributed by atoms with van der Waals surface area (Å²) < 4.78 is 49.7. The van der Waals surface area contributed by atoms with Crippen LogP contribution in [0.4, 0.5) is 8.78 Å². The molecule has 0 N–H and O–H groups in total. The van der Waals surface area contributed by atoms with Gasteiger partial charge >= 0.3 is 17.9 Å². The van der Waals surface area contributed by atoms with Gasteiger partial charge in [0.15, 0.2) is 29.6 Å². The van der Waals surface area contributed by atoms with Gasteiger partial charge < -0.3 is 18.9 Å². The Labute approximate surface area is 191 Å². The fourth-order valence-corrected chi connectivity index (χ4v) is 4.41. The summed E-state index contributed by atoms with van der Waals surface area (Å²) in [5.41, 5.74) is -0.852. The third-order valence-electron chi connectivity index (χ3n) is 4.37. The summed E-state index contributed by atoms with van der Waals surface area (Å²) in [6.45, 7) is 3.52. The number of pyridine rings is 2. The van der Waals surface area contributed by atoms with Crippen molar-refractivity contribution in [3.05, 3.63) is 42.4 Å². The Bertz CT molecular complexity index is 1060. The molecule has 2 aromatic heterocycles. The quantitative estimate of drug-likeness (QED) is 0.346. The second kappa shape index (κ2) is 10.6. The van der Waals surface area contributed by atoms with Gasteiger partial charge in [0, 0.05) is 50.4 Å². The molecule has 0 aromatic carbocycles. The van der Waals surface area contributed by atoms with E-state index in [4.69, 9.17) is 18.9 Å². The average molecular weight is 482 g/mol. The first-order valence-electron chi connectivity index (χ1n) is 9.71. The molecule has 0 bridgehead atoms. The van der Waals surface area contributed by atoms with Gasteiger partial charge in [0.2, 0.25) is 5.95 Å². The summed E-state index contributed by atoms with van der Waals surface area (Å²) in [7, 11) is 0. The van der Waals surface area contributed by atoms with Crippen molar-refractivity contribution in [2.75, 3.05) is 5.75 Å². The van der Waals surface area contributed by atoms with Crippen LogP contribution in [-0.4, -0.2) is 57.4 Å². The van der Waals surface area contributed by atoms with Gasteiger partial charge in [-0.2, -0.15) is 4.39 Å². The highest BCUT2D eigenvalue weighted by molar-refractivity contribution is 7.99. The number of hydrogen-bond donors (Lipinski definition) is 0. The van der Waals surface area contributed by atoms with Crippen LogP contribution in [0.2, 0.25) is 0 Å². The topological polar surface area (TPSA) is 114 Å². The molecule has 0 saturated carbocycles. The molecule has 0 unspecified atom stereocenters. The van der Waals surface area contributed by atoms with Crippen LogP contribution in [-0.2, 0) is 28.6 Å². The molecule has 0 radical (unpaired) electrons. The minimum atomic E-state index is -1.16. The Balaban J connectivity index is 1.86. The molecule has 1 aliphatic rings. The predicted octanol–water partition coefficient (Wildman–Crippen LogP) is 2.67. The van der Waals surface area contributed by atoms with Crippen molar-refractivity contribution in [1.29, 1.82) is 0 Å². The molecule has 0 spiro atoms. The van der Waals surface area contributed by atoms with Gasteiger partial charge in [0.05, 0.1) is 6.20 Å². The second-order valence-electron chi connectivity index (χ2n) is 6.98. The molecule has 176 valence electrons. The zero-order valence-corrected chi connectivity index (χ0v) is 18.6. The van der Waals surface area contributed by atoms with Crippen LogP contribution in [0.15, 0.2) is 30.6 Å². The predicted molar refractivity (Wildman–Crippen MR) is 111 cm³/mol. The maximum absolute atomic E-state index is 14.7. The maximum atomic E-state index is 14.7. The molecule has 1 aliphatic heterocycles. The van der Waals surface area contributed by atoms with Gasteiger partial charge in [-0.1, -0.05) is 0 Å². The first kappa shape index (κ1) is 24.4. The van der Waals surface area contributed by atoms with Crippen molar-refractivity contribution in [2.45, 2.75) is 44.5 Å². The summed E-state index contributed by atoms with van der Waals surface area (Å²) in [5, 5.41) is 0. The molecule has 3 heterocycles. The third kappa shape index (κ3) is 6.37. The van der Waals surface area contributed by atoms with E-state index in [0.29, 0.717) is 0 Å². The van der Waals surface area contributed by atoms with E-state index in [9.17, 15) is 23.2 Å². The highest BCUT2D eigenvalue weighted by Gasteiger charge is 2.47. The number of halogens is 2. The van der Waals surface area contributed by atoms with Crippen LogP contribution in [0, 0.1) is 11.8 Å². The highest BCUT2D eigenvalue weighted by Crippen LogP contribution is 2.35. The Kier molecular flexibility index (Phi) is 7.79. The van der Waals surface area contributed by atoms with Gasteiger partial charge in [0.1, 0.15) is 11.4 Å². The molecule has 33 heavy (non-hydrogen) atoms. The zero-order valence-electron chi connectivity index (χ0n) is 17.8. The molecule has 1 saturated heterocycles. The number of nitrogens with zero attached hydrogens (tertiary/aromatic N) is 2. The molecular weight excluding hydrogens is 462 g/mol. The Morgan fingerprint density at radius 2 is 1.64 bits per heavy atom. The highest BCUT2D eigenvalue weighted by atomic mass is 32.2. The first-order valence-corrected chi connectivity index (χ1v) is 10.8. The van der Waals surface area contributed by atoms with Crippen LogP contribution in [0.5, 0.6) is 5.75 Å². The fraction of sp³-hybridized carbons (Fsp3) is 0.381. The molecular formula is C21H20F2N2O7S. The van der Waals surface area contributed by atoms with E-state index >= 15 is 0 Å². The van der Waals surface area contributed by atoms with Crippen molar-refractivity contribution in [2.24, 2.45) is 0 Å². The number of thioether (sulfide) groups is 1. The maximum Gasteiger partial charge on any atom is 0.303 e. The van der Waals surface area contributed by atoms with E-state index in [2.05, 4.69) is 9.97 Å². The molecule has 3 rings (SSSR count). The van der Waals surface area contributed by atoms with Crippen molar-refractivity contribution in [1.82, 2.24) is 9.97 Å². The molecule has 4 atom stereocenters. The van der Waals surface area contributed by atoms with Crippen LogP contribution >= 0.6 is 11.8 Å². The van der Waals surface area contributed by atoms with E-state index in [0.717, 1.165) is 37.7 Å². The fourth-order valence-electron chi connectivity index (χ4n) is 3.19. The Morgan fingerprint density at radius 3 is 2.24 bits per heavy atom. The normalized spacial score (nSPS) is 22.2. The van der Waals surface area contributed by atoms with Gasteiger partial charge in [-0.3, -0.25) is 14.4 Å². The Hall–Kier alpha value is -3.28. The largest absolute Gasteiger partial charge is 0.474 e. The monoisotopic (exact) mass is 482 g/mol. The molecule has 0 aliphatic carbocycles. The third-order valence-corrected chi connectivity index (χ3v) is 5.59. The standard InChI is InChI=1S/C21H20F2N2O7S/c1-10(26)29-16-9-33-21(20(31-12(3)28)19(16)30-11(2)27)32-14-7-15(22)18(25-8-14)13-4-5-24-17(23)6-13/h4-8,16,19-21H,9H2,1-3H3/t16-,19+,20-,21+/m1/s1. The van der Waals surface area contributed by atoms with E-state index < -0.39 is 53.4 Å².